The minimum absolute atomic E-state index is 0.0180. The van der Waals surface area contributed by atoms with E-state index in [0.29, 0.717) is 6.04 Å². The maximum absolute atomic E-state index is 10.6. The van der Waals surface area contributed by atoms with Crippen LogP contribution in [0.2, 0.25) is 0 Å². The van der Waals surface area contributed by atoms with E-state index in [-0.39, 0.29) is 11.4 Å². The molecule has 16 heavy (non-hydrogen) atoms. The van der Waals surface area contributed by atoms with Crippen molar-refractivity contribution in [1.29, 1.82) is 0 Å². The number of hydrogen-bond acceptors (Lipinski definition) is 4. The molecule has 86 valence electrons. The van der Waals surface area contributed by atoms with E-state index in [1.807, 2.05) is 0 Å². The molecule has 1 aromatic rings. The number of nitro groups is 1. The van der Waals surface area contributed by atoms with Crippen LogP contribution in [0.3, 0.4) is 0 Å². The molecular formula is C11H15N3O2. The van der Waals surface area contributed by atoms with Crippen LogP contribution in [0.4, 0.5) is 17.1 Å². The number of hydrogen-bond donors (Lipinski definition) is 1. The lowest BCUT2D eigenvalue weighted by Gasteiger charge is -2.23. The van der Waals surface area contributed by atoms with Crippen LogP contribution in [0.25, 0.3) is 0 Å². The van der Waals surface area contributed by atoms with Crippen molar-refractivity contribution in [2.45, 2.75) is 25.8 Å². The number of nitro benzene ring substituents is 1. The van der Waals surface area contributed by atoms with Crippen LogP contribution in [0.5, 0.6) is 0 Å². The molecule has 2 N–H and O–H groups in total. The molecule has 1 fully saturated rings. The van der Waals surface area contributed by atoms with Gasteiger partial charge in [-0.2, -0.15) is 0 Å². The van der Waals surface area contributed by atoms with Gasteiger partial charge in [0.25, 0.3) is 5.69 Å². The highest BCUT2D eigenvalue weighted by Crippen LogP contribution is 2.30. The summed E-state index contributed by atoms with van der Waals surface area (Å²) in [4.78, 5) is 12.4. The minimum atomic E-state index is -0.452. The van der Waals surface area contributed by atoms with Crippen molar-refractivity contribution in [3.8, 4) is 0 Å². The normalized spacial score (nSPS) is 20.1. The van der Waals surface area contributed by atoms with Gasteiger partial charge in [-0.1, -0.05) is 0 Å². The van der Waals surface area contributed by atoms with E-state index in [2.05, 4.69) is 11.8 Å². The van der Waals surface area contributed by atoms with Crippen molar-refractivity contribution in [3.63, 3.8) is 0 Å². The van der Waals surface area contributed by atoms with E-state index < -0.39 is 4.92 Å². The molecule has 1 unspecified atom stereocenters. The van der Waals surface area contributed by atoms with Gasteiger partial charge in [-0.15, -0.1) is 0 Å². The molecule has 1 atom stereocenters. The first-order valence-corrected chi connectivity index (χ1v) is 5.40. The average molecular weight is 221 g/mol. The van der Waals surface area contributed by atoms with Crippen LogP contribution in [0.1, 0.15) is 19.8 Å². The van der Waals surface area contributed by atoms with E-state index in [4.69, 9.17) is 5.73 Å². The van der Waals surface area contributed by atoms with Gasteiger partial charge in [0.1, 0.15) is 5.69 Å². The Morgan fingerprint density at radius 3 is 2.81 bits per heavy atom. The molecule has 1 aliphatic rings. The number of nitrogen functional groups attached to an aromatic ring is 1. The van der Waals surface area contributed by atoms with E-state index >= 15 is 0 Å². The summed E-state index contributed by atoms with van der Waals surface area (Å²) in [5, 5.41) is 10.6. The molecule has 5 nitrogen and oxygen atoms in total. The average Bonchev–Trinajstić information content (AvgIpc) is 2.63. The summed E-state index contributed by atoms with van der Waals surface area (Å²) < 4.78 is 0. The molecular weight excluding hydrogens is 206 g/mol. The number of rotatable bonds is 2. The van der Waals surface area contributed by atoms with Gasteiger partial charge in [0.2, 0.25) is 0 Å². The Morgan fingerprint density at radius 1 is 1.56 bits per heavy atom. The molecule has 0 bridgehead atoms. The van der Waals surface area contributed by atoms with Gasteiger partial charge in [-0.3, -0.25) is 10.1 Å². The van der Waals surface area contributed by atoms with Gasteiger partial charge < -0.3 is 10.6 Å². The number of anilines is 2. The summed E-state index contributed by atoms with van der Waals surface area (Å²) in [6.45, 7) is 3.16. The summed E-state index contributed by atoms with van der Waals surface area (Å²) in [6, 6.07) is 5.44. The predicted octanol–water partition coefficient (Wildman–Crippen LogP) is 2.17. The Morgan fingerprint density at radius 2 is 2.31 bits per heavy atom. The summed E-state index contributed by atoms with van der Waals surface area (Å²) in [5.41, 5.74) is 6.87. The second-order valence-corrected chi connectivity index (χ2v) is 4.18. The van der Waals surface area contributed by atoms with Crippen LogP contribution in [-0.4, -0.2) is 17.5 Å². The molecule has 0 saturated carbocycles. The van der Waals surface area contributed by atoms with Crippen molar-refractivity contribution in [3.05, 3.63) is 28.3 Å². The summed E-state index contributed by atoms with van der Waals surface area (Å²) in [5.74, 6) is 0. The monoisotopic (exact) mass is 221 g/mol. The Balaban J connectivity index is 2.30. The smallest absolute Gasteiger partial charge is 0.292 e. The van der Waals surface area contributed by atoms with Crippen LogP contribution in [0, 0.1) is 10.1 Å². The molecule has 5 heteroatoms. The summed E-state index contributed by atoms with van der Waals surface area (Å²) in [6.07, 6.45) is 2.33. The second-order valence-electron chi connectivity index (χ2n) is 4.18. The highest BCUT2D eigenvalue weighted by molar-refractivity contribution is 5.67. The van der Waals surface area contributed by atoms with Gasteiger partial charge in [0, 0.05) is 24.3 Å². The zero-order chi connectivity index (χ0) is 11.7. The maximum atomic E-state index is 10.6. The Bertz CT molecular complexity index is 420. The fourth-order valence-electron chi connectivity index (χ4n) is 2.20. The third-order valence-corrected chi connectivity index (χ3v) is 3.09. The largest absolute Gasteiger partial charge is 0.393 e. The molecule has 0 spiro atoms. The van der Waals surface area contributed by atoms with E-state index in [1.54, 1.807) is 12.1 Å². The van der Waals surface area contributed by atoms with Crippen LogP contribution in [0.15, 0.2) is 18.2 Å². The van der Waals surface area contributed by atoms with Crippen LogP contribution in [-0.2, 0) is 0 Å². The highest BCUT2D eigenvalue weighted by atomic mass is 16.6. The summed E-state index contributed by atoms with van der Waals surface area (Å²) in [7, 11) is 0. The van der Waals surface area contributed by atoms with Crippen LogP contribution < -0.4 is 10.6 Å². The molecule has 0 amide bonds. The molecule has 0 radical (unpaired) electrons. The SMILES string of the molecule is CC1CCCN1c1ccc([N+](=O)[O-])c(N)c1. The molecule has 1 saturated heterocycles. The maximum Gasteiger partial charge on any atom is 0.292 e. The first-order valence-electron chi connectivity index (χ1n) is 5.40. The lowest BCUT2D eigenvalue weighted by Crippen LogP contribution is -2.26. The second kappa shape index (κ2) is 4.00. The lowest BCUT2D eigenvalue weighted by atomic mass is 10.2. The van der Waals surface area contributed by atoms with Gasteiger partial charge in [-0.25, -0.2) is 0 Å². The van der Waals surface area contributed by atoms with Gasteiger partial charge in [0.15, 0.2) is 0 Å². The molecule has 0 aromatic heterocycles. The molecule has 0 aliphatic carbocycles. The third kappa shape index (κ3) is 1.80. The van der Waals surface area contributed by atoms with Crippen molar-refractivity contribution in [2.24, 2.45) is 0 Å². The van der Waals surface area contributed by atoms with E-state index in [1.165, 1.54) is 6.07 Å². The van der Waals surface area contributed by atoms with Crippen molar-refractivity contribution < 1.29 is 4.92 Å². The molecule has 1 heterocycles. The highest BCUT2D eigenvalue weighted by Gasteiger charge is 2.22. The Kier molecular flexibility index (Phi) is 2.68. The quantitative estimate of drug-likeness (QED) is 0.472. The minimum Gasteiger partial charge on any atom is -0.393 e. The summed E-state index contributed by atoms with van der Waals surface area (Å²) >= 11 is 0. The Hall–Kier alpha value is -1.78. The fraction of sp³-hybridized carbons (Fsp3) is 0.455. The number of benzene rings is 1. The topological polar surface area (TPSA) is 72.4 Å². The third-order valence-electron chi connectivity index (χ3n) is 3.09. The van der Waals surface area contributed by atoms with Crippen molar-refractivity contribution in [1.82, 2.24) is 0 Å². The number of nitrogens with two attached hydrogens (primary N) is 1. The zero-order valence-electron chi connectivity index (χ0n) is 9.22. The first-order chi connectivity index (χ1) is 7.59. The lowest BCUT2D eigenvalue weighted by molar-refractivity contribution is -0.383. The van der Waals surface area contributed by atoms with Crippen molar-refractivity contribution >= 4 is 17.1 Å². The van der Waals surface area contributed by atoms with Gasteiger partial charge in [-0.05, 0) is 31.9 Å². The van der Waals surface area contributed by atoms with E-state index in [9.17, 15) is 10.1 Å². The molecule has 1 aliphatic heterocycles. The standard InChI is InChI=1S/C11H15N3O2/c1-8-3-2-6-13(8)9-4-5-11(14(15)16)10(12)7-9/h4-5,7-8H,2-3,6,12H2,1H3. The Labute approximate surface area is 94.0 Å². The van der Waals surface area contributed by atoms with Gasteiger partial charge >= 0.3 is 0 Å². The zero-order valence-corrected chi connectivity index (χ0v) is 9.22. The predicted molar refractivity (Wildman–Crippen MR) is 63.6 cm³/mol. The van der Waals surface area contributed by atoms with Crippen LogP contribution >= 0.6 is 0 Å². The first kappa shape index (κ1) is 10.7. The van der Waals surface area contributed by atoms with Gasteiger partial charge in [0.05, 0.1) is 4.92 Å². The number of nitrogens with zero attached hydrogens (tertiary/aromatic N) is 2. The van der Waals surface area contributed by atoms with Crippen molar-refractivity contribution in [2.75, 3.05) is 17.2 Å². The molecule has 2 rings (SSSR count). The molecule has 1 aromatic carbocycles. The fourth-order valence-corrected chi connectivity index (χ4v) is 2.20. The van der Waals surface area contributed by atoms with E-state index in [0.717, 1.165) is 25.1 Å².